The summed E-state index contributed by atoms with van der Waals surface area (Å²) in [6.07, 6.45) is 2.42. The molecule has 0 aromatic heterocycles. The summed E-state index contributed by atoms with van der Waals surface area (Å²) in [5.74, 6) is -0.342. The van der Waals surface area contributed by atoms with E-state index in [1.807, 2.05) is 30.3 Å². The summed E-state index contributed by atoms with van der Waals surface area (Å²) in [5, 5.41) is 5.67. The molecule has 1 aliphatic heterocycles. The number of imide groups is 1. The molecule has 0 radical (unpaired) electrons. The van der Waals surface area contributed by atoms with Crippen LogP contribution in [0.25, 0.3) is 0 Å². The van der Waals surface area contributed by atoms with E-state index in [4.69, 9.17) is 0 Å². The number of hydrogen-bond acceptors (Lipinski definition) is 3. The summed E-state index contributed by atoms with van der Waals surface area (Å²) in [5.41, 5.74) is 0.912. The van der Waals surface area contributed by atoms with Gasteiger partial charge in [-0.1, -0.05) is 30.3 Å². The second-order valence-corrected chi connectivity index (χ2v) is 5.75. The predicted molar refractivity (Wildman–Crippen MR) is 79.8 cm³/mol. The van der Waals surface area contributed by atoms with Gasteiger partial charge in [-0.3, -0.25) is 14.5 Å². The molecule has 1 aromatic rings. The monoisotopic (exact) mass is 301 g/mol. The van der Waals surface area contributed by atoms with Crippen molar-refractivity contribution >= 4 is 17.8 Å². The fourth-order valence-corrected chi connectivity index (χ4v) is 2.53. The zero-order valence-electron chi connectivity index (χ0n) is 12.2. The third-order valence-electron chi connectivity index (χ3n) is 3.93. The lowest BCUT2D eigenvalue weighted by atomic mass is 10.0. The highest BCUT2D eigenvalue weighted by molar-refractivity contribution is 5.97. The van der Waals surface area contributed by atoms with E-state index in [1.54, 1.807) is 0 Å². The van der Waals surface area contributed by atoms with Crippen LogP contribution in [-0.2, 0) is 9.59 Å². The molecule has 4 amide bonds. The highest BCUT2D eigenvalue weighted by atomic mass is 16.2. The maximum atomic E-state index is 12.2. The molecule has 1 heterocycles. The SMILES string of the molecule is O=C(CCN1C(=O)CC(c2ccccc2)NC1=O)NC1CC1. The van der Waals surface area contributed by atoms with E-state index in [0.717, 1.165) is 23.3 Å². The molecule has 6 nitrogen and oxygen atoms in total. The Balaban J connectivity index is 1.55. The van der Waals surface area contributed by atoms with Crippen molar-refractivity contribution in [3.63, 3.8) is 0 Å². The van der Waals surface area contributed by atoms with Crippen molar-refractivity contribution in [1.82, 2.24) is 15.5 Å². The Morgan fingerprint density at radius 2 is 1.95 bits per heavy atom. The standard InChI is InChI=1S/C16H19N3O3/c20-14(17-12-6-7-12)8-9-19-15(21)10-13(18-16(19)22)11-4-2-1-3-5-11/h1-5,12-13H,6-10H2,(H,17,20)(H,18,22). The van der Waals surface area contributed by atoms with Crippen molar-refractivity contribution in [3.05, 3.63) is 35.9 Å². The maximum absolute atomic E-state index is 12.2. The second-order valence-electron chi connectivity index (χ2n) is 5.75. The number of benzene rings is 1. The average molecular weight is 301 g/mol. The van der Waals surface area contributed by atoms with Crippen LogP contribution in [0, 0.1) is 0 Å². The Kier molecular flexibility index (Phi) is 4.09. The minimum atomic E-state index is -0.427. The largest absolute Gasteiger partial charge is 0.353 e. The van der Waals surface area contributed by atoms with Gasteiger partial charge >= 0.3 is 6.03 Å². The van der Waals surface area contributed by atoms with E-state index in [-0.39, 0.29) is 37.2 Å². The van der Waals surface area contributed by atoms with Gasteiger partial charge in [0.05, 0.1) is 12.5 Å². The second kappa shape index (κ2) is 6.17. The zero-order valence-corrected chi connectivity index (χ0v) is 12.2. The number of nitrogens with one attached hydrogen (secondary N) is 2. The molecule has 1 saturated carbocycles. The van der Waals surface area contributed by atoms with Gasteiger partial charge in [-0.05, 0) is 18.4 Å². The predicted octanol–water partition coefficient (Wildman–Crippen LogP) is 1.34. The lowest BCUT2D eigenvalue weighted by Crippen LogP contribution is -2.52. The smallest absolute Gasteiger partial charge is 0.324 e. The number of amides is 4. The van der Waals surface area contributed by atoms with Crippen LogP contribution in [0.4, 0.5) is 4.79 Å². The van der Waals surface area contributed by atoms with Crippen molar-refractivity contribution in [2.45, 2.75) is 37.8 Å². The molecule has 2 aliphatic rings. The Morgan fingerprint density at radius 1 is 1.23 bits per heavy atom. The summed E-state index contributed by atoms with van der Waals surface area (Å²) in [6.45, 7) is 0.130. The minimum absolute atomic E-state index is 0.103. The Labute approximate surface area is 128 Å². The van der Waals surface area contributed by atoms with Gasteiger partial charge in [0.15, 0.2) is 0 Å². The molecule has 1 atom stereocenters. The van der Waals surface area contributed by atoms with Gasteiger partial charge in [0.1, 0.15) is 0 Å². The van der Waals surface area contributed by atoms with Crippen LogP contribution in [-0.4, -0.2) is 35.3 Å². The number of hydrogen-bond donors (Lipinski definition) is 2. The third kappa shape index (κ3) is 3.44. The molecule has 2 N–H and O–H groups in total. The van der Waals surface area contributed by atoms with Crippen LogP contribution in [0.1, 0.15) is 37.3 Å². The molecular weight excluding hydrogens is 282 g/mol. The van der Waals surface area contributed by atoms with Gasteiger partial charge in [-0.25, -0.2) is 4.79 Å². The van der Waals surface area contributed by atoms with E-state index in [9.17, 15) is 14.4 Å². The molecular formula is C16H19N3O3. The molecule has 0 spiro atoms. The lowest BCUT2D eigenvalue weighted by molar-refractivity contribution is -0.130. The van der Waals surface area contributed by atoms with Gasteiger partial charge in [-0.15, -0.1) is 0 Å². The number of urea groups is 1. The van der Waals surface area contributed by atoms with Crippen LogP contribution in [0.2, 0.25) is 0 Å². The highest BCUT2D eigenvalue weighted by Gasteiger charge is 2.33. The summed E-state index contributed by atoms with van der Waals surface area (Å²) in [6, 6.07) is 8.98. The molecule has 22 heavy (non-hydrogen) atoms. The number of rotatable bonds is 5. The molecule has 0 bridgehead atoms. The number of nitrogens with zero attached hydrogens (tertiary/aromatic N) is 1. The van der Waals surface area contributed by atoms with Crippen LogP contribution in [0.15, 0.2) is 30.3 Å². The number of carbonyl (C=O) groups excluding carboxylic acids is 3. The quantitative estimate of drug-likeness (QED) is 0.861. The van der Waals surface area contributed by atoms with Gasteiger partial charge < -0.3 is 10.6 Å². The van der Waals surface area contributed by atoms with Crippen molar-refractivity contribution in [1.29, 1.82) is 0 Å². The molecule has 1 aliphatic carbocycles. The average Bonchev–Trinajstić information content (AvgIpc) is 3.31. The van der Waals surface area contributed by atoms with Crippen LogP contribution >= 0.6 is 0 Å². The zero-order chi connectivity index (χ0) is 15.5. The van der Waals surface area contributed by atoms with Crippen molar-refractivity contribution in [3.8, 4) is 0 Å². The van der Waals surface area contributed by atoms with E-state index >= 15 is 0 Å². The lowest BCUT2D eigenvalue weighted by Gasteiger charge is -2.31. The number of carbonyl (C=O) groups is 3. The topological polar surface area (TPSA) is 78.5 Å². The van der Waals surface area contributed by atoms with E-state index in [1.165, 1.54) is 0 Å². The Morgan fingerprint density at radius 3 is 2.59 bits per heavy atom. The fourth-order valence-electron chi connectivity index (χ4n) is 2.53. The van der Waals surface area contributed by atoms with E-state index in [0.29, 0.717) is 6.04 Å². The molecule has 2 fully saturated rings. The Hall–Kier alpha value is -2.37. The van der Waals surface area contributed by atoms with Gasteiger partial charge in [0.25, 0.3) is 0 Å². The first-order valence-electron chi connectivity index (χ1n) is 7.58. The first-order chi connectivity index (χ1) is 10.6. The molecule has 3 rings (SSSR count). The molecule has 1 saturated heterocycles. The van der Waals surface area contributed by atoms with Crippen molar-refractivity contribution in [2.24, 2.45) is 0 Å². The third-order valence-corrected chi connectivity index (χ3v) is 3.93. The normalized spacial score (nSPS) is 21.5. The minimum Gasteiger partial charge on any atom is -0.353 e. The van der Waals surface area contributed by atoms with Gasteiger partial charge in [0.2, 0.25) is 11.8 Å². The van der Waals surface area contributed by atoms with Crippen LogP contribution < -0.4 is 10.6 Å². The van der Waals surface area contributed by atoms with Gasteiger partial charge in [-0.2, -0.15) is 0 Å². The fraction of sp³-hybridized carbons (Fsp3) is 0.438. The molecule has 1 aromatic carbocycles. The summed E-state index contributed by atoms with van der Waals surface area (Å²) < 4.78 is 0. The first-order valence-corrected chi connectivity index (χ1v) is 7.58. The molecule has 1 unspecified atom stereocenters. The summed E-state index contributed by atoms with van der Waals surface area (Å²) >= 11 is 0. The van der Waals surface area contributed by atoms with Crippen molar-refractivity contribution in [2.75, 3.05) is 6.54 Å². The van der Waals surface area contributed by atoms with Crippen molar-refractivity contribution < 1.29 is 14.4 Å². The van der Waals surface area contributed by atoms with Gasteiger partial charge in [0, 0.05) is 19.0 Å². The summed E-state index contributed by atoms with van der Waals surface area (Å²) in [4.78, 5) is 37.1. The van der Waals surface area contributed by atoms with E-state index in [2.05, 4.69) is 10.6 Å². The maximum Gasteiger partial charge on any atom is 0.324 e. The highest BCUT2D eigenvalue weighted by Crippen LogP contribution is 2.22. The van der Waals surface area contributed by atoms with Crippen LogP contribution in [0.5, 0.6) is 0 Å². The van der Waals surface area contributed by atoms with Crippen LogP contribution in [0.3, 0.4) is 0 Å². The molecule has 6 heteroatoms. The Bertz CT molecular complexity index is 566. The molecule has 116 valence electrons. The first kappa shape index (κ1) is 14.6. The summed E-state index contributed by atoms with van der Waals surface area (Å²) in [7, 11) is 0. The van der Waals surface area contributed by atoms with E-state index < -0.39 is 6.03 Å².